The summed E-state index contributed by atoms with van der Waals surface area (Å²) in [5.74, 6) is 0.0982. The zero-order valence-electron chi connectivity index (χ0n) is 10.5. The van der Waals surface area contributed by atoms with Crippen molar-refractivity contribution in [3.63, 3.8) is 0 Å². The molecule has 0 aliphatic heterocycles. The third-order valence-corrected chi connectivity index (χ3v) is 2.94. The highest BCUT2D eigenvalue weighted by molar-refractivity contribution is 7.98. The van der Waals surface area contributed by atoms with Crippen LogP contribution in [0.5, 0.6) is 0 Å². The number of unbranched alkanes of at least 4 members (excludes halogenated alkanes) is 1. The fourth-order valence-electron chi connectivity index (χ4n) is 1.33. The molecule has 0 radical (unpaired) electrons. The maximum atomic E-state index is 11.4. The number of rotatable bonds is 9. The van der Waals surface area contributed by atoms with Crippen LogP contribution < -0.4 is 10.6 Å². The van der Waals surface area contributed by atoms with Gasteiger partial charge in [0, 0.05) is 6.54 Å². The first-order valence-electron chi connectivity index (χ1n) is 5.88. The van der Waals surface area contributed by atoms with Gasteiger partial charge in [-0.05, 0) is 31.3 Å². The monoisotopic (exact) mass is 262 g/mol. The van der Waals surface area contributed by atoms with E-state index in [-0.39, 0.29) is 0 Å². The van der Waals surface area contributed by atoms with Crippen LogP contribution in [-0.2, 0) is 4.79 Å². The van der Waals surface area contributed by atoms with E-state index in [0.717, 1.165) is 25.0 Å². The molecule has 0 aromatic rings. The normalized spacial score (nSPS) is 11.9. The molecule has 0 aliphatic carbocycles. The average molecular weight is 262 g/mol. The lowest BCUT2D eigenvalue weighted by atomic mass is 10.2. The third-order valence-electron chi connectivity index (χ3n) is 2.24. The zero-order chi connectivity index (χ0) is 13.1. The number of thioether (sulfide) groups is 1. The Kier molecular flexibility index (Phi) is 9.71. The standard InChI is InChI=1S/C11H22N2O3S/c1-3-6-9(10(14)15)13-11(16)12-7-4-5-8-17-2/h9H,3-8H2,1-2H3,(H,14,15)(H2,12,13,16)/t9-/m0/s1. The Bertz CT molecular complexity index is 237. The van der Waals surface area contributed by atoms with Gasteiger partial charge in [0.2, 0.25) is 0 Å². The Morgan fingerprint density at radius 3 is 2.59 bits per heavy atom. The molecule has 0 bridgehead atoms. The van der Waals surface area contributed by atoms with Crippen LogP contribution >= 0.6 is 11.8 Å². The summed E-state index contributed by atoms with van der Waals surface area (Å²) in [7, 11) is 0. The molecule has 0 saturated heterocycles. The number of hydrogen-bond donors (Lipinski definition) is 3. The summed E-state index contributed by atoms with van der Waals surface area (Å²) in [6, 6.07) is -1.18. The Labute approximate surface area is 107 Å². The third kappa shape index (κ3) is 8.85. The van der Waals surface area contributed by atoms with Gasteiger partial charge >= 0.3 is 12.0 Å². The van der Waals surface area contributed by atoms with Crippen LogP contribution in [0.1, 0.15) is 32.6 Å². The number of amides is 2. The van der Waals surface area contributed by atoms with Crippen LogP contribution in [0.4, 0.5) is 4.79 Å². The summed E-state index contributed by atoms with van der Waals surface area (Å²) in [5.41, 5.74) is 0. The Hall–Kier alpha value is -0.910. The number of hydrogen-bond acceptors (Lipinski definition) is 3. The molecule has 0 unspecified atom stereocenters. The predicted octanol–water partition coefficient (Wildman–Crippen LogP) is 1.68. The zero-order valence-corrected chi connectivity index (χ0v) is 11.3. The summed E-state index contributed by atoms with van der Waals surface area (Å²) >= 11 is 1.78. The SMILES string of the molecule is CCC[C@H](NC(=O)NCCCCSC)C(=O)O. The molecule has 0 aromatic heterocycles. The molecule has 0 aromatic carbocycles. The van der Waals surface area contributed by atoms with Gasteiger partial charge in [0.05, 0.1) is 0 Å². The van der Waals surface area contributed by atoms with Gasteiger partial charge < -0.3 is 15.7 Å². The van der Waals surface area contributed by atoms with Crippen molar-refractivity contribution in [1.29, 1.82) is 0 Å². The first kappa shape index (κ1) is 16.1. The van der Waals surface area contributed by atoms with Gasteiger partial charge in [-0.15, -0.1) is 0 Å². The largest absolute Gasteiger partial charge is 0.480 e. The van der Waals surface area contributed by atoms with Crippen LogP contribution in [0.25, 0.3) is 0 Å². The summed E-state index contributed by atoms with van der Waals surface area (Å²) in [6.07, 6.45) is 5.20. The molecule has 0 heterocycles. The lowest BCUT2D eigenvalue weighted by Gasteiger charge is -2.14. The number of aliphatic carboxylic acids is 1. The van der Waals surface area contributed by atoms with E-state index in [0.29, 0.717) is 13.0 Å². The smallest absolute Gasteiger partial charge is 0.326 e. The van der Waals surface area contributed by atoms with E-state index in [1.54, 1.807) is 11.8 Å². The second-order valence-corrected chi connectivity index (χ2v) is 4.77. The van der Waals surface area contributed by atoms with Gasteiger partial charge in [0.1, 0.15) is 6.04 Å². The molecule has 100 valence electrons. The molecule has 0 saturated carbocycles. The van der Waals surface area contributed by atoms with Crippen LogP contribution in [-0.4, -0.2) is 41.7 Å². The van der Waals surface area contributed by atoms with Gasteiger partial charge in [-0.1, -0.05) is 13.3 Å². The average Bonchev–Trinajstić information content (AvgIpc) is 2.28. The Balaban J connectivity index is 3.71. The maximum Gasteiger partial charge on any atom is 0.326 e. The lowest BCUT2D eigenvalue weighted by Crippen LogP contribution is -2.46. The quantitative estimate of drug-likeness (QED) is 0.552. The Morgan fingerprint density at radius 2 is 2.06 bits per heavy atom. The van der Waals surface area contributed by atoms with Crippen molar-refractivity contribution < 1.29 is 14.7 Å². The van der Waals surface area contributed by atoms with Crippen molar-refractivity contribution in [3.05, 3.63) is 0 Å². The molecule has 0 rings (SSSR count). The van der Waals surface area contributed by atoms with Crippen molar-refractivity contribution in [2.75, 3.05) is 18.6 Å². The van der Waals surface area contributed by atoms with Crippen molar-refractivity contribution in [2.45, 2.75) is 38.6 Å². The van der Waals surface area contributed by atoms with Crippen LogP contribution in [0, 0.1) is 0 Å². The van der Waals surface area contributed by atoms with E-state index in [9.17, 15) is 9.59 Å². The summed E-state index contributed by atoms with van der Waals surface area (Å²) in [5, 5.41) is 14.0. The van der Waals surface area contributed by atoms with Crippen molar-refractivity contribution in [2.24, 2.45) is 0 Å². The van der Waals surface area contributed by atoms with E-state index in [1.807, 2.05) is 13.2 Å². The van der Waals surface area contributed by atoms with Gasteiger partial charge in [0.15, 0.2) is 0 Å². The summed E-state index contributed by atoms with van der Waals surface area (Å²) < 4.78 is 0. The second-order valence-electron chi connectivity index (χ2n) is 3.78. The van der Waals surface area contributed by atoms with Crippen molar-refractivity contribution in [3.8, 4) is 0 Å². The summed E-state index contributed by atoms with van der Waals surface area (Å²) in [4.78, 5) is 22.2. The molecule has 1 atom stereocenters. The number of carboxylic acids is 1. The first-order valence-corrected chi connectivity index (χ1v) is 7.27. The molecule has 0 spiro atoms. The number of carbonyl (C=O) groups excluding carboxylic acids is 1. The summed E-state index contributed by atoms with van der Waals surface area (Å²) in [6.45, 7) is 2.47. The highest BCUT2D eigenvalue weighted by atomic mass is 32.2. The van der Waals surface area contributed by atoms with E-state index in [1.165, 1.54) is 0 Å². The molecule has 0 fully saturated rings. The van der Waals surface area contributed by atoms with Gasteiger partial charge in [-0.2, -0.15) is 11.8 Å². The van der Waals surface area contributed by atoms with E-state index < -0.39 is 18.0 Å². The second kappa shape index (κ2) is 10.3. The van der Waals surface area contributed by atoms with E-state index in [2.05, 4.69) is 10.6 Å². The number of carboxylic acid groups (broad SMARTS) is 1. The number of nitrogens with one attached hydrogen (secondary N) is 2. The number of carbonyl (C=O) groups is 2. The fourth-order valence-corrected chi connectivity index (χ4v) is 1.82. The highest BCUT2D eigenvalue weighted by Crippen LogP contribution is 1.98. The van der Waals surface area contributed by atoms with Crippen molar-refractivity contribution in [1.82, 2.24) is 10.6 Å². The fraction of sp³-hybridized carbons (Fsp3) is 0.818. The van der Waals surface area contributed by atoms with Crippen LogP contribution in [0.2, 0.25) is 0 Å². The van der Waals surface area contributed by atoms with Crippen molar-refractivity contribution >= 4 is 23.8 Å². The maximum absolute atomic E-state index is 11.4. The molecule has 2 amide bonds. The van der Waals surface area contributed by atoms with Crippen LogP contribution in [0.15, 0.2) is 0 Å². The van der Waals surface area contributed by atoms with Gasteiger partial charge in [-0.25, -0.2) is 9.59 Å². The molecular formula is C11H22N2O3S. The number of urea groups is 1. The molecular weight excluding hydrogens is 240 g/mol. The first-order chi connectivity index (χ1) is 8.11. The highest BCUT2D eigenvalue weighted by Gasteiger charge is 2.17. The molecule has 5 nitrogen and oxygen atoms in total. The van der Waals surface area contributed by atoms with E-state index in [4.69, 9.17) is 5.11 Å². The van der Waals surface area contributed by atoms with Gasteiger partial charge in [-0.3, -0.25) is 0 Å². The lowest BCUT2D eigenvalue weighted by molar-refractivity contribution is -0.139. The topological polar surface area (TPSA) is 78.4 Å². The molecule has 3 N–H and O–H groups in total. The van der Waals surface area contributed by atoms with E-state index >= 15 is 0 Å². The van der Waals surface area contributed by atoms with Crippen LogP contribution in [0.3, 0.4) is 0 Å². The Morgan fingerprint density at radius 1 is 1.35 bits per heavy atom. The minimum absolute atomic E-state index is 0.394. The minimum Gasteiger partial charge on any atom is -0.480 e. The predicted molar refractivity (Wildman–Crippen MR) is 70.5 cm³/mol. The molecule has 17 heavy (non-hydrogen) atoms. The molecule has 0 aliphatic rings. The minimum atomic E-state index is -0.982. The molecule has 6 heteroatoms. The van der Waals surface area contributed by atoms with Gasteiger partial charge in [0.25, 0.3) is 0 Å².